The summed E-state index contributed by atoms with van der Waals surface area (Å²) in [5.74, 6) is -0.738. The van der Waals surface area contributed by atoms with Gasteiger partial charge < -0.3 is 10.3 Å². The van der Waals surface area contributed by atoms with Crippen molar-refractivity contribution in [1.29, 1.82) is 0 Å². The molecule has 2 N–H and O–H groups in total. The van der Waals surface area contributed by atoms with E-state index in [4.69, 9.17) is 7.67 Å². The summed E-state index contributed by atoms with van der Waals surface area (Å²) in [5.41, 5.74) is 2.75. The Hall–Kier alpha value is -2.97. The van der Waals surface area contributed by atoms with Gasteiger partial charge in [-0.05, 0) is 49.2 Å². The Morgan fingerprint density at radius 2 is 1.69 bits per heavy atom. The van der Waals surface area contributed by atoms with Crippen LogP contribution in [0.4, 0.5) is 14.5 Å². The number of benzene rings is 2. The van der Waals surface area contributed by atoms with Crippen LogP contribution in [0.5, 0.6) is 0 Å². The van der Waals surface area contributed by atoms with Gasteiger partial charge in [-0.15, -0.1) is 0 Å². The van der Waals surface area contributed by atoms with Crippen LogP contribution >= 0.6 is 0 Å². The van der Waals surface area contributed by atoms with Crippen molar-refractivity contribution in [2.24, 2.45) is 5.92 Å². The number of halogens is 2. The zero-order valence-electron chi connectivity index (χ0n) is 15.5. The van der Waals surface area contributed by atoms with Crippen molar-refractivity contribution in [3.05, 3.63) is 69.6 Å². The van der Waals surface area contributed by atoms with Gasteiger partial charge in [-0.3, -0.25) is 9.59 Å². The molecule has 10 heteroatoms. The summed E-state index contributed by atoms with van der Waals surface area (Å²) in [6, 6.07) is 8.60. The van der Waals surface area contributed by atoms with Crippen molar-refractivity contribution in [1.82, 2.24) is 9.97 Å². The first kappa shape index (κ1) is 22.3. The first-order valence-electron chi connectivity index (χ1n) is 8.40. The van der Waals surface area contributed by atoms with Crippen molar-refractivity contribution in [2.75, 3.05) is 5.32 Å². The maximum atomic E-state index is 12.8. The second-order valence-electron chi connectivity index (χ2n) is 6.27. The number of nitrogens with zero attached hydrogens (tertiary/aromatic N) is 1. The van der Waals surface area contributed by atoms with Crippen molar-refractivity contribution >= 4 is 22.6 Å². The number of hydrogen-bond acceptors (Lipinski definition) is 5. The molecule has 29 heavy (non-hydrogen) atoms. The van der Waals surface area contributed by atoms with Crippen LogP contribution in [0.3, 0.4) is 0 Å². The van der Waals surface area contributed by atoms with Gasteiger partial charge in [0.2, 0.25) is 5.91 Å². The number of H-pyrrole nitrogens is 1. The van der Waals surface area contributed by atoms with E-state index in [2.05, 4.69) is 15.3 Å². The molecule has 7 nitrogen and oxygen atoms in total. The summed E-state index contributed by atoms with van der Waals surface area (Å²) in [7, 11) is 0. The molecule has 0 fully saturated rings. The second-order valence-corrected chi connectivity index (χ2v) is 6.47. The number of amides is 1. The van der Waals surface area contributed by atoms with E-state index < -0.39 is 14.8 Å². The second kappa shape index (κ2) is 9.99. The zero-order chi connectivity index (χ0) is 21.6. The Bertz CT molecular complexity index is 1140. The fourth-order valence-corrected chi connectivity index (χ4v) is 2.67. The van der Waals surface area contributed by atoms with Gasteiger partial charge in [0.25, 0.3) is 5.56 Å². The van der Waals surface area contributed by atoms with Crippen molar-refractivity contribution < 1.29 is 36.1 Å². The first-order valence-corrected chi connectivity index (χ1v) is 9.36. The molecule has 153 valence electrons. The summed E-state index contributed by atoms with van der Waals surface area (Å²) >= 11 is -1.44. The van der Waals surface area contributed by atoms with Crippen molar-refractivity contribution in [3.63, 3.8) is 0 Å². The van der Waals surface area contributed by atoms with E-state index in [1.165, 1.54) is 30.3 Å². The molecular weight excluding hydrogens is 427 g/mol. The van der Waals surface area contributed by atoms with E-state index in [-0.39, 0.29) is 29.0 Å². The Balaban J connectivity index is 0.000000183. The van der Waals surface area contributed by atoms with Crippen molar-refractivity contribution in [3.8, 4) is 0 Å². The van der Waals surface area contributed by atoms with Crippen LogP contribution in [-0.2, 0) is 33.7 Å². The van der Waals surface area contributed by atoms with Crippen molar-refractivity contribution in [2.45, 2.75) is 20.3 Å². The number of nitrogens with one attached hydrogen (secondary N) is 2. The molecule has 0 spiro atoms. The molecule has 0 saturated heterocycles. The molecular formula is C19H17F2MnN3O4. The molecule has 4 rings (SSSR count). The molecule has 1 amide bonds. The monoisotopic (exact) mass is 444 g/mol. The van der Waals surface area contributed by atoms with Gasteiger partial charge in [0, 0.05) is 11.6 Å². The van der Waals surface area contributed by atoms with Gasteiger partial charge in [-0.2, -0.15) is 0 Å². The summed E-state index contributed by atoms with van der Waals surface area (Å²) < 4.78 is 42.3. The summed E-state index contributed by atoms with van der Waals surface area (Å²) in [5, 5.41) is 2.67. The van der Waals surface area contributed by atoms with E-state index in [1.54, 1.807) is 13.0 Å². The van der Waals surface area contributed by atoms with Gasteiger partial charge in [-0.25, -0.2) is 13.8 Å². The predicted octanol–water partition coefficient (Wildman–Crippen LogP) is 3.09. The summed E-state index contributed by atoms with van der Waals surface area (Å²) in [4.78, 5) is 28.9. The third kappa shape index (κ3) is 6.00. The molecule has 0 aliphatic carbocycles. The summed E-state index contributed by atoms with van der Waals surface area (Å²) in [6.45, 7) is 3.48. The summed E-state index contributed by atoms with van der Waals surface area (Å²) in [6.07, 6.45) is 0.696. The number of aromatic amines is 1. The zero-order valence-corrected chi connectivity index (χ0v) is 16.6. The standard InChI is InChI=1S/C10H10FNO.C9H7FN2O.Mn.2O/c1-6-4-7-2-3-8(11)5-9(7)12-10(6)13;1-5-9(13)12-8-4-6(10)2-3-7(8)11-5;;;/h2-3,5-6H,4H2,1H3,(H,12,13);2-4H,1H3,(H,12,13);;;. The first-order chi connectivity index (χ1) is 13.7. The van der Waals surface area contributed by atoms with Crippen LogP contribution in [0, 0.1) is 24.5 Å². The number of fused-ring (bicyclic) bond motifs is 2. The van der Waals surface area contributed by atoms with E-state index >= 15 is 0 Å². The van der Waals surface area contributed by atoms with Crippen LogP contribution in [0.25, 0.3) is 11.0 Å². The third-order valence-corrected chi connectivity index (χ3v) is 4.13. The molecule has 1 aliphatic heterocycles. The quantitative estimate of drug-likeness (QED) is 0.518. The van der Waals surface area contributed by atoms with E-state index in [9.17, 15) is 18.4 Å². The van der Waals surface area contributed by atoms with Gasteiger partial charge in [0.05, 0.1) is 11.0 Å². The molecule has 3 aromatic rings. The molecule has 0 bridgehead atoms. The third-order valence-electron chi connectivity index (χ3n) is 4.13. The number of hydrogen-bond donors (Lipinski definition) is 2. The normalized spacial score (nSPS) is 14.5. The van der Waals surface area contributed by atoms with Crippen LogP contribution < -0.4 is 10.9 Å². The number of aromatic nitrogens is 2. The number of carbonyl (C=O) groups excluding carboxylic acids is 1. The number of aryl methyl sites for hydroxylation is 1. The Morgan fingerprint density at radius 3 is 2.38 bits per heavy atom. The average molecular weight is 444 g/mol. The number of rotatable bonds is 0. The molecule has 0 saturated carbocycles. The predicted molar refractivity (Wildman–Crippen MR) is 96.3 cm³/mol. The molecule has 1 aromatic heterocycles. The maximum absolute atomic E-state index is 12.8. The average Bonchev–Trinajstić information content (AvgIpc) is 2.65. The molecule has 1 unspecified atom stereocenters. The van der Waals surface area contributed by atoms with E-state index in [0.717, 1.165) is 5.56 Å². The SMILES string of the molecule is CC1Cc2ccc(F)cc2NC1=O.Cc1nc2ccc(F)cc2[nH]c1=O.[O]=[Mn]=[O]. The molecule has 2 aromatic carbocycles. The number of carbonyl (C=O) groups is 1. The van der Waals surface area contributed by atoms with Gasteiger partial charge >= 0.3 is 22.5 Å². The Morgan fingerprint density at radius 1 is 1.07 bits per heavy atom. The minimum absolute atomic E-state index is 0.0158. The Kier molecular flexibility index (Phi) is 7.69. The van der Waals surface area contributed by atoms with Crippen LogP contribution in [0.2, 0.25) is 0 Å². The molecule has 1 atom stereocenters. The molecule has 2 heterocycles. The van der Waals surface area contributed by atoms with Gasteiger partial charge in [0.15, 0.2) is 0 Å². The van der Waals surface area contributed by atoms with E-state index in [0.29, 0.717) is 28.8 Å². The fourth-order valence-electron chi connectivity index (χ4n) is 2.67. The van der Waals surface area contributed by atoms with Gasteiger partial charge in [-0.1, -0.05) is 13.0 Å². The van der Waals surface area contributed by atoms with Crippen LogP contribution in [0.15, 0.2) is 41.2 Å². The topological polar surface area (TPSA) is 109 Å². The minimum atomic E-state index is -1.44. The van der Waals surface area contributed by atoms with Crippen LogP contribution in [-0.4, -0.2) is 15.9 Å². The van der Waals surface area contributed by atoms with Crippen LogP contribution in [0.1, 0.15) is 18.2 Å². The van der Waals surface area contributed by atoms with Gasteiger partial charge in [0.1, 0.15) is 17.3 Å². The molecule has 0 radical (unpaired) electrons. The fraction of sp³-hybridized carbons (Fsp3) is 0.211. The Labute approximate surface area is 170 Å². The molecule has 1 aliphatic rings. The number of anilines is 1. The van der Waals surface area contributed by atoms with E-state index in [1.807, 2.05) is 6.92 Å².